The summed E-state index contributed by atoms with van der Waals surface area (Å²) >= 11 is 0. The van der Waals surface area contributed by atoms with E-state index in [1.807, 2.05) is 0 Å². The van der Waals surface area contributed by atoms with Crippen LogP contribution in [0, 0.1) is 22.6 Å². The highest BCUT2D eigenvalue weighted by molar-refractivity contribution is 7.92. The quantitative estimate of drug-likeness (QED) is 0.280. The minimum Gasteiger partial charge on any atom is -0.481 e. The molecule has 1 amide bonds. The van der Waals surface area contributed by atoms with Crippen molar-refractivity contribution in [2.24, 2.45) is 16.7 Å². The van der Waals surface area contributed by atoms with Crippen molar-refractivity contribution >= 4 is 21.7 Å². The number of aryl methyl sites for hydroxylation is 1. The second-order valence-electron chi connectivity index (χ2n) is 12.9. The average molecular weight is 666 g/mol. The van der Waals surface area contributed by atoms with Gasteiger partial charge in [0.15, 0.2) is 9.84 Å². The van der Waals surface area contributed by atoms with Crippen molar-refractivity contribution in [3.05, 3.63) is 65.0 Å². The van der Waals surface area contributed by atoms with Gasteiger partial charge in [-0.05, 0) is 86.8 Å². The van der Waals surface area contributed by atoms with Gasteiger partial charge in [-0.3, -0.25) is 9.59 Å². The lowest BCUT2D eigenvalue weighted by molar-refractivity contribution is -0.348. The molecule has 0 radical (unpaired) electrons. The Balaban J connectivity index is 1.45. The predicted octanol–water partition coefficient (Wildman–Crippen LogP) is 6.27. The number of carbonyl (C=O) groups excluding carboxylic acids is 1. The van der Waals surface area contributed by atoms with Crippen molar-refractivity contribution in [3.8, 4) is 0 Å². The van der Waals surface area contributed by atoms with Crippen LogP contribution in [0.3, 0.4) is 0 Å². The number of benzene rings is 2. The summed E-state index contributed by atoms with van der Waals surface area (Å²) < 4.78 is 138. The number of fused-ring (bicyclic) bond motifs is 3. The zero-order valence-electron chi connectivity index (χ0n) is 23.4. The Hall–Kier alpha value is -3.23. The van der Waals surface area contributed by atoms with Gasteiger partial charge < -0.3 is 10.4 Å². The van der Waals surface area contributed by atoms with Gasteiger partial charge >= 0.3 is 24.0 Å². The summed E-state index contributed by atoms with van der Waals surface area (Å²) in [6.07, 6.45) is -12.5. The molecule has 4 fully saturated rings. The third-order valence-electron chi connectivity index (χ3n) is 10.5. The molecular weight excluding hydrogens is 638 g/mol. The van der Waals surface area contributed by atoms with Crippen molar-refractivity contribution in [1.82, 2.24) is 5.32 Å². The normalized spacial score (nSPS) is 31.1. The van der Waals surface area contributed by atoms with Crippen molar-refractivity contribution in [2.45, 2.75) is 85.1 Å². The number of carboxylic acids is 1. The van der Waals surface area contributed by atoms with E-state index < -0.39 is 78.7 Å². The number of aliphatic carboxylic acids is 1. The van der Waals surface area contributed by atoms with Gasteiger partial charge in [-0.25, -0.2) is 17.2 Å². The Morgan fingerprint density at radius 3 is 2.02 bits per heavy atom. The topological polar surface area (TPSA) is 101 Å². The average Bonchev–Trinajstić information content (AvgIpc) is 3.15. The first kappa shape index (κ1) is 31.7. The van der Waals surface area contributed by atoms with Crippen LogP contribution < -0.4 is 5.32 Å². The molecule has 244 valence electrons. The lowest BCUT2D eigenvalue weighted by atomic mass is 9.35. The van der Waals surface area contributed by atoms with Crippen LogP contribution in [0.5, 0.6) is 0 Å². The van der Waals surface area contributed by atoms with Crippen LogP contribution in [0.2, 0.25) is 0 Å². The maximum atomic E-state index is 15.1. The van der Waals surface area contributed by atoms with Gasteiger partial charge in [-0.2, -0.15) is 26.3 Å². The zero-order valence-corrected chi connectivity index (χ0v) is 24.2. The first-order chi connectivity index (χ1) is 20.7. The van der Waals surface area contributed by atoms with Gasteiger partial charge in [0.1, 0.15) is 10.6 Å². The van der Waals surface area contributed by atoms with Crippen molar-refractivity contribution in [3.63, 3.8) is 0 Å². The maximum Gasteiger partial charge on any atom is 0.435 e. The van der Waals surface area contributed by atoms with Gasteiger partial charge in [0.05, 0.1) is 15.7 Å². The second kappa shape index (κ2) is 9.64. The summed E-state index contributed by atoms with van der Waals surface area (Å²) in [6, 6.07) is 4.57. The molecule has 0 aromatic heterocycles. The number of carbonyl (C=O) groups is 2. The molecule has 2 aromatic carbocycles. The molecule has 3 atom stereocenters. The molecule has 0 heterocycles. The molecule has 15 heteroatoms. The number of amides is 1. The summed E-state index contributed by atoms with van der Waals surface area (Å²) in [7, 11) is -4.56. The lowest BCUT2D eigenvalue weighted by Gasteiger charge is -2.66. The number of nitrogens with one attached hydrogen (secondary N) is 1. The number of carboxylic acid groups (broad SMARTS) is 1. The van der Waals surface area contributed by atoms with Crippen molar-refractivity contribution < 1.29 is 58.2 Å². The van der Waals surface area contributed by atoms with E-state index in [9.17, 15) is 53.8 Å². The molecule has 45 heavy (non-hydrogen) atoms. The monoisotopic (exact) mass is 665 g/mol. The molecule has 4 saturated carbocycles. The minimum atomic E-state index is -6.37. The first-order valence-corrected chi connectivity index (χ1v) is 15.7. The highest BCUT2D eigenvalue weighted by Gasteiger charge is 2.76. The number of halogens is 8. The second-order valence-corrected chi connectivity index (χ2v) is 15.1. The molecule has 0 aliphatic heterocycles. The molecule has 2 bridgehead atoms. The molecule has 0 saturated heterocycles. The SMILES string of the molecule is O=C(O)C12CC(C(=O)N[C@@H]3CC[C@@]4(S(=O)(=O)c5ccc(F)cc5)c5ccc(C(F)(C(F)(F)F)C(F)(F)F)cc5CCC[C@@H]34)(C1)C2. The first-order valence-electron chi connectivity index (χ1n) is 14.3. The number of sulfone groups is 1. The fourth-order valence-corrected chi connectivity index (χ4v) is 10.8. The molecule has 0 spiro atoms. The molecule has 6 nitrogen and oxygen atoms in total. The summed E-state index contributed by atoms with van der Waals surface area (Å²) in [6.45, 7) is 0. The summed E-state index contributed by atoms with van der Waals surface area (Å²) in [4.78, 5) is 24.6. The molecule has 7 rings (SSSR count). The van der Waals surface area contributed by atoms with Crippen LogP contribution in [-0.4, -0.2) is 43.8 Å². The molecule has 2 N–H and O–H groups in total. The van der Waals surface area contributed by atoms with Gasteiger partial charge in [0.25, 0.3) is 0 Å². The third-order valence-corrected chi connectivity index (χ3v) is 13.1. The highest BCUT2D eigenvalue weighted by Crippen LogP contribution is 2.73. The van der Waals surface area contributed by atoms with Gasteiger partial charge in [0.2, 0.25) is 5.91 Å². The third kappa shape index (κ3) is 4.20. The van der Waals surface area contributed by atoms with Gasteiger partial charge in [-0.1, -0.05) is 18.2 Å². The number of rotatable bonds is 6. The van der Waals surface area contributed by atoms with Crippen molar-refractivity contribution in [1.29, 1.82) is 0 Å². The highest BCUT2D eigenvalue weighted by atomic mass is 32.2. The summed E-state index contributed by atoms with van der Waals surface area (Å²) in [5.41, 5.74) is -9.61. The van der Waals surface area contributed by atoms with E-state index in [0.29, 0.717) is 12.1 Å². The number of hydrogen-bond donors (Lipinski definition) is 2. The Morgan fingerprint density at radius 1 is 0.867 bits per heavy atom. The van der Waals surface area contributed by atoms with E-state index in [1.54, 1.807) is 0 Å². The van der Waals surface area contributed by atoms with Crippen LogP contribution in [0.1, 0.15) is 61.6 Å². The molecule has 0 unspecified atom stereocenters. The van der Waals surface area contributed by atoms with Crippen LogP contribution >= 0.6 is 0 Å². The molecule has 2 aromatic rings. The standard InChI is InChI=1S/C30H27F8NO5S/c31-18-5-7-19(8-6-18)45(43,44)27-11-10-22(39-23(40)25-13-26(14-25,15-25)24(41)42)21(27)3-1-2-16-12-17(4-9-20(16)27)28(32,29(33,34)35)30(36,37)38/h4-9,12,21-22H,1-3,10-11,13-15H2,(H,39,40)(H,41,42)/t21-,22+,25?,26?,27+/m0/s1. The fourth-order valence-electron chi connectivity index (χ4n) is 8.33. The van der Waals surface area contributed by atoms with Crippen LogP contribution in [0.4, 0.5) is 35.1 Å². The predicted molar refractivity (Wildman–Crippen MR) is 141 cm³/mol. The summed E-state index contributed by atoms with van der Waals surface area (Å²) in [5, 5.41) is 12.3. The minimum absolute atomic E-state index is 0.0658. The fraction of sp³-hybridized carbons (Fsp3) is 0.533. The van der Waals surface area contributed by atoms with Crippen LogP contribution in [0.25, 0.3) is 0 Å². The molecule has 5 aliphatic rings. The Labute approximate surface area is 252 Å². The smallest absolute Gasteiger partial charge is 0.435 e. The van der Waals surface area contributed by atoms with E-state index in [4.69, 9.17) is 0 Å². The van der Waals surface area contributed by atoms with Crippen LogP contribution in [-0.2, 0) is 36.3 Å². The van der Waals surface area contributed by atoms with Crippen molar-refractivity contribution in [2.75, 3.05) is 0 Å². The summed E-state index contributed by atoms with van der Waals surface area (Å²) in [5.74, 6) is -3.11. The zero-order chi connectivity index (χ0) is 33.0. The van der Waals surface area contributed by atoms with E-state index in [-0.39, 0.29) is 67.4 Å². The van der Waals surface area contributed by atoms with E-state index >= 15 is 4.39 Å². The molecular formula is C30H27F8NO5S. The van der Waals surface area contributed by atoms with Gasteiger partial charge in [-0.15, -0.1) is 0 Å². The lowest BCUT2D eigenvalue weighted by Crippen LogP contribution is -2.71. The Morgan fingerprint density at radius 2 is 1.47 bits per heavy atom. The van der Waals surface area contributed by atoms with E-state index in [0.717, 1.165) is 30.3 Å². The van der Waals surface area contributed by atoms with E-state index in [2.05, 4.69) is 5.32 Å². The van der Waals surface area contributed by atoms with Crippen LogP contribution in [0.15, 0.2) is 47.4 Å². The number of hydrogen-bond acceptors (Lipinski definition) is 4. The van der Waals surface area contributed by atoms with Gasteiger partial charge in [0, 0.05) is 17.5 Å². The number of alkyl halides is 7. The van der Waals surface area contributed by atoms with E-state index in [1.165, 1.54) is 0 Å². The Kier molecular flexibility index (Phi) is 6.80. The Bertz CT molecular complexity index is 1650. The molecule has 5 aliphatic carbocycles. The largest absolute Gasteiger partial charge is 0.481 e. The maximum absolute atomic E-state index is 15.1.